The molecule has 0 saturated heterocycles. The van der Waals surface area contributed by atoms with Crippen LogP contribution in [0.2, 0.25) is 0 Å². The quantitative estimate of drug-likeness (QED) is 0.597. The Kier molecular flexibility index (Phi) is 5.77. The smallest absolute Gasteiger partial charge is 0.207 e. The molecule has 0 spiro atoms. The Morgan fingerprint density at radius 2 is 2.11 bits per heavy atom. The Balaban J connectivity index is 0.00000180. The largest absolute Gasteiger partial charge is 0.284 e. The van der Waals surface area contributed by atoms with E-state index in [1.807, 2.05) is 13.8 Å². The fourth-order valence-electron chi connectivity index (χ4n) is 1.59. The van der Waals surface area contributed by atoms with E-state index in [1.54, 1.807) is 4.68 Å². The van der Waals surface area contributed by atoms with E-state index in [1.165, 1.54) is 0 Å². The molecule has 1 heterocycles. The predicted octanol–water partition coefficient (Wildman–Crippen LogP) is 3.44. The van der Waals surface area contributed by atoms with Gasteiger partial charge in [-0.2, -0.15) is 5.10 Å². The molecule has 0 aliphatic heterocycles. The third kappa shape index (κ3) is 3.91. The van der Waals surface area contributed by atoms with Gasteiger partial charge in [-0.05, 0) is 21.8 Å². The van der Waals surface area contributed by atoms with Crippen LogP contribution in [0.25, 0.3) is 11.4 Å². The molecule has 3 nitrogen and oxygen atoms in total. The van der Waals surface area contributed by atoms with E-state index in [0.717, 1.165) is 12.1 Å². The van der Waals surface area contributed by atoms with E-state index in [0.29, 0.717) is 23.0 Å². The number of halogens is 3. The molecule has 2 aromatic rings. The Morgan fingerprint density at radius 1 is 1.42 bits per heavy atom. The van der Waals surface area contributed by atoms with Gasteiger partial charge in [0.15, 0.2) is 0 Å². The maximum Gasteiger partial charge on any atom is 0.207 e. The van der Waals surface area contributed by atoms with Crippen molar-refractivity contribution in [3.8, 4) is 11.4 Å². The molecule has 19 heavy (non-hydrogen) atoms. The van der Waals surface area contributed by atoms with Crippen molar-refractivity contribution in [2.24, 2.45) is 5.92 Å². The first-order chi connectivity index (χ1) is 8.47. The molecular weight excluding hydrogens is 496 g/mol. The van der Waals surface area contributed by atoms with Crippen LogP contribution in [0.3, 0.4) is 0 Å². The normalized spacial score (nSPS) is 10.6. The van der Waals surface area contributed by atoms with Gasteiger partial charge in [0.2, 0.25) is 4.73 Å². The molecule has 2 rings (SSSR count). The number of aromatic nitrogens is 3. The van der Waals surface area contributed by atoms with Gasteiger partial charge in [-0.1, -0.05) is 25.5 Å². The third-order valence-corrected chi connectivity index (χ3v) is 2.60. The Morgan fingerprint density at radius 3 is 2.68 bits per heavy atom. The van der Waals surface area contributed by atoms with Gasteiger partial charge < -0.3 is 0 Å². The maximum absolute atomic E-state index is 13.7. The molecule has 0 amide bonds. The summed E-state index contributed by atoms with van der Waals surface area (Å²) in [4.78, 5) is 4.10. The van der Waals surface area contributed by atoms with Gasteiger partial charge in [0.25, 0.3) is 0 Å². The number of hydrogen-bond donors (Lipinski definition) is 0. The van der Waals surface area contributed by atoms with Crippen LogP contribution in [0.1, 0.15) is 13.8 Å². The summed E-state index contributed by atoms with van der Waals surface area (Å²) < 4.78 is 28.5. The monoisotopic (exact) mass is 507 g/mol. The molecular formula is C12H11BrF2IrN3-. The molecule has 105 valence electrons. The van der Waals surface area contributed by atoms with Crippen LogP contribution in [0.5, 0.6) is 0 Å². The minimum absolute atomic E-state index is 0. The molecule has 7 heteroatoms. The van der Waals surface area contributed by atoms with Crippen LogP contribution < -0.4 is 0 Å². The number of benzene rings is 1. The van der Waals surface area contributed by atoms with Crippen molar-refractivity contribution >= 4 is 15.9 Å². The van der Waals surface area contributed by atoms with Gasteiger partial charge >= 0.3 is 0 Å². The maximum atomic E-state index is 13.7. The van der Waals surface area contributed by atoms with Gasteiger partial charge in [0, 0.05) is 38.3 Å². The minimum atomic E-state index is -0.695. The molecule has 0 aliphatic carbocycles. The second kappa shape index (κ2) is 6.68. The van der Waals surface area contributed by atoms with Crippen molar-refractivity contribution in [1.29, 1.82) is 0 Å². The van der Waals surface area contributed by atoms with Gasteiger partial charge in [0.1, 0.15) is 0 Å². The van der Waals surface area contributed by atoms with Crippen LogP contribution in [0, 0.1) is 23.6 Å². The average Bonchev–Trinajstić information content (AvgIpc) is 2.58. The average molecular weight is 507 g/mol. The predicted molar refractivity (Wildman–Crippen MR) is 66.7 cm³/mol. The SMILES string of the molecule is CC(C)Cn1nc(Br)nc1-c1[c-]cc(F)cc1F.[Ir]. The van der Waals surface area contributed by atoms with Gasteiger partial charge in [0.05, 0.1) is 5.82 Å². The molecule has 1 aromatic heterocycles. The van der Waals surface area contributed by atoms with Crippen LogP contribution in [0.15, 0.2) is 16.9 Å². The van der Waals surface area contributed by atoms with E-state index < -0.39 is 11.6 Å². The second-order valence-electron chi connectivity index (χ2n) is 4.32. The standard InChI is InChI=1S/C12H11BrF2N3.Ir/c1-7(2)6-18-11(16-12(13)17-18)9-4-3-8(14)5-10(9)15;/h3,5,7H,6H2,1-2H3;/q-1;. The fraction of sp³-hybridized carbons (Fsp3) is 0.333. The van der Waals surface area contributed by atoms with Crippen molar-refractivity contribution in [3.05, 3.63) is 34.6 Å². The number of nitrogens with zero attached hydrogens (tertiary/aromatic N) is 3. The van der Waals surface area contributed by atoms with Gasteiger partial charge in [-0.3, -0.25) is 18.4 Å². The van der Waals surface area contributed by atoms with Crippen LogP contribution >= 0.6 is 15.9 Å². The van der Waals surface area contributed by atoms with E-state index in [-0.39, 0.29) is 25.7 Å². The summed E-state index contributed by atoms with van der Waals surface area (Å²) in [7, 11) is 0. The van der Waals surface area contributed by atoms with Crippen molar-refractivity contribution in [2.75, 3.05) is 0 Å². The summed E-state index contributed by atoms with van der Waals surface area (Å²) in [6.07, 6.45) is 0. The third-order valence-electron chi connectivity index (χ3n) is 2.27. The first-order valence-electron chi connectivity index (χ1n) is 5.45. The first kappa shape index (κ1) is 16.4. The summed E-state index contributed by atoms with van der Waals surface area (Å²) >= 11 is 3.16. The summed E-state index contributed by atoms with van der Waals surface area (Å²) in [6, 6.07) is 4.45. The molecule has 0 saturated carbocycles. The van der Waals surface area contributed by atoms with E-state index in [2.05, 4.69) is 32.1 Å². The second-order valence-corrected chi connectivity index (χ2v) is 5.03. The summed E-state index contributed by atoms with van der Waals surface area (Å²) in [5, 5.41) is 4.13. The topological polar surface area (TPSA) is 30.7 Å². The van der Waals surface area contributed by atoms with Crippen molar-refractivity contribution in [2.45, 2.75) is 20.4 Å². The summed E-state index contributed by atoms with van der Waals surface area (Å²) in [6.45, 7) is 4.63. The Labute approximate surface area is 131 Å². The Bertz CT molecular complexity index is 572. The molecule has 0 N–H and O–H groups in total. The zero-order valence-corrected chi connectivity index (χ0v) is 14.2. The number of hydrogen-bond acceptors (Lipinski definition) is 2. The zero-order chi connectivity index (χ0) is 13.3. The van der Waals surface area contributed by atoms with Crippen LogP contribution in [-0.4, -0.2) is 14.8 Å². The Hall–Kier alpha value is -0.651. The van der Waals surface area contributed by atoms with Crippen molar-refractivity contribution in [1.82, 2.24) is 14.8 Å². The van der Waals surface area contributed by atoms with Crippen LogP contribution in [0.4, 0.5) is 8.78 Å². The molecule has 1 aromatic carbocycles. The summed E-state index contributed by atoms with van der Waals surface area (Å²) in [5.74, 6) is -0.681. The van der Waals surface area contributed by atoms with Crippen LogP contribution in [-0.2, 0) is 26.7 Å². The molecule has 0 fully saturated rings. The van der Waals surface area contributed by atoms with Crippen molar-refractivity contribution < 1.29 is 28.9 Å². The van der Waals surface area contributed by atoms with E-state index in [4.69, 9.17) is 0 Å². The zero-order valence-electron chi connectivity index (χ0n) is 10.2. The number of rotatable bonds is 3. The van der Waals surface area contributed by atoms with Gasteiger partial charge in [-0.15, -0.1) is 12.1 Å². The molecule has 0 unspecified atom stereocenters. The summed E-state index contributed by atoms with van der Waals surface area (Å²) in [5.41, 5.74) is 0.121. The van der Waals surface area contributed by atoms with Crippen molar-refractivity contribution in [3.63, 3.8) is 0 Å². The van der Waals surface area contributed by atoms with E-state index >= 15 is 0 Å². The van der Waals surface area contributed by atoms with Gasteiger partial charge in [-0.25, -0.2) is 0 Å². The minimum Gasteiger partial charge on any atom is -0.284 e. The first-order valence-corrected chi connectivity index (χ1v) is 6.24. The van der Waals surface area contributed by atoms with E-state index in [9.17, 15) is 8.78 Å². The molecule has 0 atom stereocenters. The molecule has 0 bridgehead atoms. The fourth-order valence-corrected chi connectivity index (χ4v) is 1.95. The molecule has 0 aliphatic rings. The molecule has 1 radical (unpaired) electrons.